The zero-order valence-electron chi connectivity index (χ0n) is 8.81. The fourth-order valence-corrected chi connectivity index (χ4v) is 1.49. The van der Waals surface area contributed by atoms with Gasteiger partial charge in [0.2, 0.25) is 0 Å². The van der Waals surface area contributed by atoms with Gasteiger partial charge in [-0.3, -0.25) is 0 Å². The van der Waals surface area contributed by atoms with Crippen LogP contribution < -0.4 is 5.32 Å². The van der Waals surface area contributed by atoms with Crippen LogP contribution in [0.3, 0.4) is 0 Å². The highest BCUT2D eigenvalue weighted by molar-refractivity contribution is 5.18. The first kappa shape index (κ1) is 13.0. The smallest absolute Gasteiger partial charge is 0.316 e. The molecule has 0 radical (unpaired) electrons. The number of halogens is 4. The summed E-state index contributed by atoms with van der Waals surface area (Å²) in [6.45, 7) is 0. The van der Waals surface area contributed by atoms with Crippen LogP contribution in [0.5, 0.6) is 0 Å². The van der Waals surface area contributed by atoms with Crippen LogP contribution in [-0.2, 0) is 6.42 Å². The summed E-state index contributed by atoms with van der Waals surface area (Å²) in [5.74, 6) is -0.468. The number of benzene rings is 1. The third-order valence-electron chi connectivity index (χ3n) is 2.31. The second-order valence-electron chi connectivity index (χ2n) is 3.60. The molecule has 1 aromatic carbocycles. The molecule has 0 aliphatic carbocycles. The van der Waals surface area contributed by atoms with Crippen LogP contribution in [0.1, 0.15) is 12.0 Å². The lowest BCUT2D eigenvalue weighted by Crippen LogP contribution is -2.33. The Bertz CT molecular complexity index is 335. The highest BCUT2D eigenvalue weighted by atomic mass is 19.4. The number of alkyl halides is 3. The highest BCUT2D eigenvalue weighted by Gasteiger charge is 2.31. The van der Waals surface area contributed by atoms with E-state index in [-0.39, 0.29) is 6.42 Å². The van der Waals surface area contributed by atoms with Crippen molar-refractivity contribution >= 4 is 0 Å². The summed E-state index contributed by atoms with van der Waals surface area (Å²) in [7, 11) is 1.44. The van der Waals surface area contributed by atoms with Gasteiger partial charge in [-0.05, 0) is 25.1 Å². The number of hydrogen-bond donors (Lipinski definition) is 1. The molecule has 1 atom stereocenters. The zero-order chi connectivity index (χ0) is 12.2. The van der Waals surface area contributed by atoms with Gasteiger partial charge in [-0.15, -0.1) is 0 Å². The normalized spacial score (nSPS) is 13.8. The van der Waals surface area contributed by atoms with Crippen LogP contribution in [0.2, 0.25) is 0 Å². The van der Waals surface area contributed by atoms with Crippen LogP contribution >= 0.6 is 0 Å². The van der Waals surface area contributed by atoms with E-state index in [9.17, 15) is 17.6 Å². The third kappa shape index (κ3) is 4.18. The van der Waals surface area contributed by atoms with Crippen molar-refractivity contribution in [3.63, 3.8) is 0 Å². The van der Waals surface area contributed by atoms with Crippen LogP contribution in [0.15, 0.2) is 24.3 Å². The Hall–Kier alpha value is -1.10. The minimum atomic E-state index is -4.24. The van der Waals surface area contributed by atoms with Gasteiger partial charge in [0.15, 0.2) is 0 Å². The van der Waals surface area contributed by atoms with Gasteiger partial charge in [0, 0.05) is 6.04 Å². The Morgan fingerprint density at radius 1 is 1.25 bits per heavy atom. The quantitative estimate of drug-likeness (QED) is 0.791. The van der Waals surface area contributed by atoms with E-state index in [1.54, 1.807) is 6.07 Å². The number of rotatable bonds is 4. The summed E-state index contributed by atoms with van der Waals surface area (Å²) < 4.78 is 49.7. The lowest BCUT2D eigenvalue weighted by atomic mass is 10.0. The summed E-state index contributed by atoms with van der Waals surface area (Å²) in [4.78, 5) is 0. The molecule has 0 saturated heterocycles. The molecular weight excluding hydrogens is 222 g/mol. The lowest BCUT2D eigenvalue weighted by Gasteiger charge is -2.18. The molecule has 0 aliphatic heterocycles. The van der Waals surface area contributed by atoms with E-state index in [1.165, 1.54) is 25.2 Å². The molecule has 1 aromatic rings. The second kappa shape index (κ2) is 5.30. The molecule has 0 bridgehead atoms. The number of hydrogen-bond acceptors (Lipinski definition) is 1. The molecule has 0 amide bonds. The molecule has 0 fully saturated rings. The average Bonchev–Trinajstić information content (AvgIpc) is 2.18. The van der Waals surface area contributed by atoms with E-state index in [0.29, 0.717) is 5.56 Å². The van der Waals surface area contributed by atoms with Gasteiger partial charge >= 0.3 is 6.18 Å². The topological polar surface area (TPSA) is 12.0 Å². The molecule has 0 heterocycles. The van der Waals surface area contributed by atoms with Crippen molar-refractivity contribution in [2.24, 2.45) is 0 Å². The van der Waals surface area contributed by atoms with E-state index in [1.807, 2.05) is 0 Å². The van der Waals surface area contributed by atoms with Crippen molar-refractivity contribution < 1.29 is 17.6 Å². The molecule has 1 unspecified atom stereocenters. The Morgan fingerprint density at radius 3 is 2.38 bits per heavy atom. The SMILES string of the molecule is CNC(Cc1ccccc1F)CC(F)(F)F. The average molecular weight is 235 g/mol. The van der Waals surface area contributed by atoms with Crippen molar-refractivity contribution in [1.82, 2.24) is 5.32 Å². The molecule has 1 rings (SSSR count). The van der Waals surface area contributed by atoms with Crippen molar-refractivity contribution in [3.8, 4) is 0 Å². The Labute approximate surface area is 91.5 Å². The number of likely N-dealkylation sites (N-methyl/N-ethyl adjacent to an activating group) is 1. The Morgan fingerprint density at radius 2 is 1.88 bits per heavy atom. The Kier molecular flexibility index (Phi) is 4.29. The van der Waals surface area contributed by atoms with Crippen LogP contribution in [-0.4, -0.2) is 19.3 Å². The maximum absolute atomic E-state index is 13.2. The van der Waals surface area contributed by atoms with E-state index in [0.717, 1.165) is 0 Å². The first-order chi connectivity index (χ1) is 7.42. The Balaban J connectivity index is 2.67. The molecule has 1 nitrogen and oxygen atoms in total. The third-order valence-corrected chi connectivity index (χ3v) is 2.31. The number of nitrogens with one attached hydrogen (secondary N) is 1. The molecule has 16 heavy (non-hydrogen) atoms. The minimum Gasteiger partial charge on any atom is -0.316 e. The standard InChI is InChI=1S/C11H13F4N/c1-16-9(7-11(13,14)15)6-8-4-2-3-5-10(8)12/h2-5,9,16H,6-7H2,1H3. The lowest BCUT2D eigenvalue weighted by molar-refractivity contribution is -0.139. The first-order valence-corrected chi connectivity index (χ1v) is 4.90. The molecule has 90 valence electrons. The minimum absolute atomic E-state index is 0.0304. The molecule has 0 saturated carbocycles. The maximum Gasteiger partial charge on any atom is 0.390 e. The van der Waals surface area contributed by atoms with Gasteiger partial charge in [-0.1, -0.05) is 18.2 Å². The van der Waals surface area contributed by atoms with Crippen LogP contribution in [0, 0.1) is 5.82 Å². The van der Waals surface area contributed by atoms with Crippen LogP contribution in [0.4, 0.5) is 17.6 Å². The van der Waals surface area contributed by atoms with E-state index in [4.69, 9.17) is 0 Å². The zero-order valence-corrected chi connectivity index (χ0v) is 8.81. The van der Waals surface area contributed by atoms with E-state index >= 15 is 0 Å². The van der Waals surface area contributed by atoms with Crippen molar-refractivity contribution in [1.29, 1.82) is 0 Å². The van der Waals surface area contributed by atoms with E-state index < -0.39 is 24.5 Å². The summed E-state index contributed by atoms with van der Waals surface area (Å²) in [5.41, 5.74) is 0.297. The fraction of sp³-hybridized carbons (Fsp3) is 0.455. The van der Waals surface area contributed by atoms with Gasteiger partial charge in [0.1, 0.15) is 5.82 Å². The molecular formula is C11H13F4N. The van der Waals surface area contributed by atoms with Crippen molar-refractivity contribution in [3.05, 3.63) is 35.6 Å². The summed E-state index contributed by atoms with van der Waals surface area (Å²) in [6, 6.07) is 5.07. The molecule has 0 aromatic heterocycles. The predicted molar refractivity (Wildman–Crippen MR) is 53.6 cm³/mol. The van der Waals surface area contributed by atoms with Gasteiger partial charge in [-0.25, -0.2) is 4.39 Å². The largest absolute Gasteiger partial charge is 0.390 e. The maximum atomic E-state index is 13.2. The van der Waals surface area contributed by atoms with Crippen molar-refractivity contribution in [2.45, 2.75) is 25.1 Å². The summed E-state index contributed by atoms with van der Waals surface area (Å²) in [5, 5.41) is 2.55. The predicted octanol–water partition coefficient (Wildman–Crippen LogP) is 2.91. The van der Waals surface area contributed by atoms with E-state index in [2.05, 4.69) is 5.32 Å². The van der Waals surface area contributed by atoms with Gasteiger partial charge in [0.25, 0.3) is 0 Å². The highest BCUT2D eigenvalue weighted by Crippen LogP contribution is 2.23. The second-order valence-corrected chi connectivity index (χ2v) is 3.60. The van der Waals surface area contributed by atoms with Gasteiger partial charge in [-0.2, -0.15) is 13.2 Å². The first-order valence-electron chi connectivity index (χ1n) is 4.90. The van der Waals surface area contributed by atoms with Crippen LogP contribution in [0.25, 0.3) is 0 Å². The summed E-state index contributed by atoms with van der Waals surface area (Å²) in [6.07, 6.45) is -5.17. The van der Waals surface area contributed by atoms with Gasteiger partial charge < -0.3 is 5.32 Å². The molecule has 0 aliphatic rings. The van der Waals surface area contributed by atoms with Crippen molar-refractivity contribution in [2.75, 3.05) is 7.05 Å². The van der Waals surface area contributed by atoms with Gasteiger partial charge in [0.05, 0.1) is 6.42 Å². The monoisotopic (exact) mass is 235 g/mol. The molecule has 5 heteroatoms. The fourth-order valence-electron chi connectivity index (χ4n) is 1.49. The molecule has 1 N–H and O–H groups in total. The molecule has 0 spiro atoms. The summed E-state index contributed by atoms with van der Waals surface area (Å²) >= 11 is 0.